The number of rotatable bonds is 12. The Balaban J connectivity index is 1.77. The summed E-state index contributed by atoms with van der Waals surface area (Å²) in [6.45, 7) is 7.92. The minimum Gasteiger partial charge on any atom is -0.489 e. The molecule has 0 bridgehead atoms. The van der Waals surface area contributed by atoms with Crippen LogP contribution in [-0.4, -0.2) is 67.8 Å². The zero-order chi connectivity index (χ0) is 23.2. The number of nitrogens with zero attached hydrogens (tertiary/aromatic N) is 2. The highest BCUT2D eigenvalue weighted by Gasteiger charge is 2.31. The number of carbonyl (C=O) groups excluding carboxylic acids is 1. The summed E-state index contributed by atoms with van der Waals surface area (Å²) >= 11 is 0. The summed E-state index contributed by atoms with van der Waals surface area (Å²) in [4.78, 5) is 29.0. The molecule has 0 saturated heterocycles. The average molecular weight is 440 g/mol. The van der Waals surface area contributed by atoms with Crippen LogP contribution in [0.3, 0.4) is 0 Å². The highest BCUT2D eigenvalue weighted by molar-refractivity contribution is 5.82. The Morgan fingerprint density at radius 3 is 2.77 bits per heavy atom. The zero-order valence-corrected chi connectivity index (χ0v) is 18.7. The summed E-state index contributed by atoms with van der Waals surface area (Å²) in [6.07, 6.45) is -0.754. The summed E-state index contributed by atoms with van der Waals surface area (Å²) in [5, 5.41) is 29.0. The predicted octanol–water partition coefficient (Wildman–Crippen LogP) is 0.964. The lowest BCUT2D eigenvalue weighted by Gasteiger charge is -2.30. The van der Waals surface area contributed by atoms with Crippen molar-refractivity contribution in [1.29, 1.82) is 0 Å². The Bertz CT molecular complexity index is 785. The van der Waals surface area contributed by atoms with Gasteiger partial charge in [0.05, 0.1) is 17.8 Å². The van der Waals surface area contributed by atoms with Gasteiger partial charge in [0.25, 0.3) is 5.09 Å². The number of para-hydroxylation sites is 1. The Morgan fingerprint density at radius 2 is 2.10 bits per heavy atom. The van der Waals surface area contributed by atoms with Gasteiger partial charge in [-0.3, -0.25) is 4.79 Å². The lowest BCUT2D eigenvalue weighted by Crippen LogP contribution is -2.53. The van der Waals surface area contributed by atoms with E-state index < -0.39 is 22.1 Å². The molecule has 174 valence electrons. The van der Waals surface area contributed by atoms with Gasteiger partial charge in [-0.15, -0.1) is 10.1 Å². The number of amides is 1. The molecule has 0 fully saturated rings. The first-order chi connectivity index (χ1) is 14.4. The maximum Gasteiger partial charge on any atom is 0.294 e. The number of aliphatic hydroxyl groups excluding tert-OH is 1. The second kappa shape index (κ2) is 10.0. The van der Waals surface area contributed by atoms with Crippen molar-refractivity contribution in [1.82, 2.24) is 10.6 Å². The summed E-state index contributed by atoms with van der Waals surface area (Å²) in [7, 11) is 1.96. The van der Waals surface area contributed by atoms with E-state index in [1.165, 1.54) is 0 Å². The number of aliphatic hydroxyl groups is 1. The van der Waals surface area contributed by atoms with Crippen LogP contribution >= 0.6 is 0 Å². The number of β-amino-alcohol motifs (C(OH)–C–C–N with tert-alkyl or cyclic N) is 1. The largest absolute Gasteiger partial charge is 0.489 e. The van der Waals surface area contributed by atoms with Gasteiger partial charge in [-0.05, 0) is 39.8 Å². The highest BCUT2D eigenvalue weighted by Crippen LogP contribution is 2.38. The van der Waals surface area contributed by atoms with Crippen LogP contribution in [0.2, 0.25) is 0 Å². The van der Waals surface area contributed by atoms with Gasteiger partial charge in [0, 0.05) is 25.7 Å². The standard InChI is InChI=1S/C20H33N5O6/c1-19(2,12-31-25(28)29)18(27)21-11-20(3,4)23-9-14(26)10-30-16-8-6-7-15-17(16)24(5)13-22-15/h6-8,14,22-23,26H,9-13H2,1-5H3,(H,21,27). The molecule has 1 amide bonds. The van der Waals surface area contributed by atoms with Crippen LogP contribution in [0.1, 0.15) is 27.7 Å². The monoisotopic (exact) mass is 439 g/mol. The van der Waals surface area contributed by atoms with Crippen LogP contribution in [0.25, 0.3) is 0 Å². The Labute approximate surface area is 182 Å². The van der Waals surface area contributed by atoms with Crippen LogP contribution in [0, 0.1) is 15.5 Å². The van der Waals surface area contributed by atoms with E-state index in [-0.39, 0.29) is 32.2 Å². The molecule has 1 aliphatic heterocycles. The molecule has 0 spiro atoms. The van der Waals surface area contributed by atoms with Gasteiger partial charge in [-0.2, -0.15) is 0 Å². The molecular weight excluding hydrogens is 406 g/mol. The van der Waals surface area contributed by atoms with E-state index in [1.54, 1.807) is 13.8 Å². The lowest BCUT2D eigenvalue weighted by molar-refractivity contribution is -0.760. The Kier molecular flexibility index (Phi) is 7.91. The number of fused-ring (bicyclic) bond motifs is 1. The molecule has 1 unspecified atom stereocenters. The number of hydrogen-bond acceptors (Lipinski definition) is 9. The Hall–Kier alpha value is -2.79. The molecule has 1 heterocycles. The predicted molar refractivity (Wildman–Crippen MR) is 117 cm³/mol. The van der Waals surface area contributed by atoms with Gasteiger partial charge in [-0.1, -0.05) is 6.07 Å². The van der Waals surface area contributed by atoms with Gasteiger partial charge in [-0.25, -0.2) is 0 Å². The number of nitrogens with one attached hydrogen (secondary N) is 3. The number of benzene rings is 1. The second-order valence-electron chi connectivity index (χ2n) is 8.98. The molecule has 0 aromatic heterocycles. The zero-order valence-electron chi connectivity index (χ0n) is 18.7. The molecule has 0 radical (unpaired) electrons. The lowest BCUT2D eigenvalue weighted by atomic mass is 9.93. The van der Waals surface area contributed by atoms with E-state index in [2.05, 4.69) is 20.8 Å². The number of ether oxygens (including phenoxy) is 1. The van der Waals surface area contributed by atoms with Crippen molar-refractivity contribution in [2.75, 3.05) is 50.2 Å². The van der Waals surface area contributed by atoms with E-state index in [0.29, 0.717) is 12.4 Å². The van der Waals surface area contributed by atoms with E-state index in [1.807, 2.05) is 44.0 Å². The molecule has 1 aromatic rings. The van der Waals surface area contributed by atoms with Crippen LogP contribution < -0.4 is 25.6 Å². The SMILES string of the molecule is CN1CNc2cccc(OCC(O)CNC(C)(C)CNC(=O)C(C)(C)CO[N+](=O)[O-])c21. The number of carbonyl (C=O) groups is 1. The van der Waals surface area contributed by atoms with Gasteiger partial charge < -0.3 is 35.5 Å². The topological polar surface area (TPSA) is 138 Å². The maximum atomic E-state index is 12.3. The molecule has 4 N–H and O–H groups in total. The third-order valence-corrected chi connectivity index (χ3v) is 4.97. The fraction of sp³-hybridized carbons (Fsp3) is 0.650. The summed E-state index contributed by atoms with van der Waals surface area (Å²) in [5.41, 5.74) is 0.397. The van der Waals surface area contributed by atoms with Crippen molar-refractivity contribution in [3.63, 3.8) is 0 Å². The molecule has 0 saturated carbocycles. The minimum atomic E-state index is -1.05. The van der Waals surface area contributed by atoms with Gasteiger partial charge in [0.1, 0.15) is 30.8 Å². The van der Waals surface area contributed by atoms with Crippen molar-refractivity contribution in [2.45, 2.75) is 39.3 Å². The van der Waals surface area contributed by atoms with Crippen LogP contribution in [-0.2, 0) is 9.63 Å². The first-order valence-electron chi connectivity index (χ1n) is 10.1. The van der Waals surface area contributed by atoms with Crippen LogP contribution in [0.15, 0.2) is 18.2 Å². The molecule has 1 aromatic carbocycles. The van der Waals surface area contributed by atoms with Gasteiger partial charge in [0.2, 0.25) is 5.91 Å². The van der Waals surface area contributed by atoms with Crippen molar-refractivity contribution in [3.05, 3.63) is 28.3 Å². The molecule has 0 aliphatic carbocycles. The number of anilines is 2. The molecule has 11 heteroatoms. The van der Waals surface area contributed by atoms with Crippen molar-refractivity contribution < 1.29 is 24.6 Å². The van der Waals surface area contributed by atoms with E-state index in [4.69, 9.17) is 4.74 Å². The summed E-state index contributed by atoms with van der Waals surface area (Å²) in [6, 6.07) is 5.74. The molecule has 31 heavy (non-hydrogen) atoms. The van der Waals surface area contributed by atoms with Crippen molar-refractivity contribution in [3.8, 4) is 5.75 Å². The van der Waals surface area contributed by atoms with Crippen LogP contribution in [0.5, 0.6) is 5.75 Å². The molecule has 11 nitrogen and oxygen atoms in total. The van der Waals surface area contributed by atoms with E-state index >= 15 is 0 Å². The van der Waals surface area contributed by atoms with Crippen LogP contribution in [0.4, 0.5) is 11.4 Å². The van der Waals surface area contributed by atoms with E-state index in [0.717, 1.165) is 11.4 Å². The molecular formula is C20H33N5O6. The summed E-state index contributed by atoms with van der Waals surface area (Å²) in [5.74, 6) is 0.346. The molecule has 1 atom stereocenters. The third kappa shape index (κ3) is 7.14. The van der Waals surface area contributed by atoms with Crippen molar-refractivity contribution in [2.24, 2.45) is 5.41 Å². The van der Waals surface area contributed by atoms with Gasteiger partial charge in [0.15, 0.2) is 0 Å². The molecule has 2 rings (SSSR count). The fourth-order valence-electron chi connectivity index (χ4n) is 2.98. The highest BCUT2D eigenvalue weighted by atomic mass is 16.9. The van der Waals surface area contributed by atoms with E-state index in [9.17, 15) is 20.0 Å². The molecule has 1 aliphatic rings. The smallest absolute Gasteiger partial charge is 0.294 e. The number of hydrogen-bond donors (Lipinski definition) is 4. The van der Waals surface area contributed by atoms with Crippen molar-refractivity contribution >= 4 is 17.3 Å². The van der Waals surface area contributed by atoms with Gasteiger partial charge >= 0.3 is 0 Å². The average Bonchev–Trinajstić information content (AvgIpc) is 3.09. The first kappa shape index (κ1) is 24.5. The Morgan fingerprint density at radius 1 is 1.39 bits per heavy atom. The second-order valence-corrected chi connectivity index (χ2v) is 8.98. The minimum absolute atomic E-state index is 0.116. The third-order valence-electron chi connectivity index (χ3n) is 4.97. The quantitative estimate of drug-likeness (QED) is 0.277. The normalized spacial score (nSPS) is 14.5. The first-order valence-corrected chi connectivity index (χ1v) is 10.1. The maximum absolute atomic E-state index is 12.3. The summed E-state index contributed by atoms with van der Waals surface area (Å²) < 4.78 is 5.83. The fourth-order valence-corrected chi connectivity index (χ4v) is 2.98.